The van der Waals surface area contributed by atoms with E-state index in [4.69, 9.17) is 16.4 Å². The molecule has 0 heterocycles. The molecule has 8 rings (SSSR count). The van der Waals surface area contributed by atoms with E-state index in [2.05, 4.69) is 0 Å². The third-order valence-electron chi connectivity index (χ3n) is 7.65. The van der Waals surface area contributed by atoms with Gasteiger partial charge in [0.05, 0.1) is 33.1 Å². The highest BCUT2D eigenvalue weighted by Gasteiger charge is 2.35. The molecule has 0 saturated heterocycles. The van der Waals surface area contributed by atoms with Crippen LogP contribution in [0.3, 0.4) is 0 Å². The average Bonchev–Trinajstić information content (AvgIpc) is 3.20. The quantitative estimate of drug-likeness (QED) is 0.195. The van der Waals surface area contributed by atoms with Gasteiger partial charge in [0, 0.05) is 22.4 Å². The molecule has 1 heteroatoms. The van der Waals surface area contributed by atoms with Crippen LogP contribution in [0.2, 0.25) is 0 Å². The number of fused-ring (bicyclic) bond motifs is 2. The van der Waals surface area contributed by atoms with Crippen molar-refractivity contribution in [3.63, 3.8) is 0 Å². The van der Waals surface area contributed by atoms with Crippen molar-refractivity contribution in [3.8, 4) is 33.4 Å². The molecule has 0 bridgehead atoms. The van der Waals surface area contributed by atoms with Crippen LogP contribution in [0, 0.1) is 0 Å². The van der Waals surface area contributed by atoms with Gasteiger partial charge in [-0.25, -0.2) is 0 Å². The zero-order valence-electron chi connectivity index (χ0n) is 43.5. The predicted molar refractivity (Wildman–Crippen MR) is 187 cm³/mol. The van der Waals surface area contributed by atoms with Gasteiger partial charge in [0.1, 0.15) is 0 Å². The Kier molecular flexibility index (Phi) is 3.00. The van der Waals surface area contributed by atoms with E-state index in [9.17, 15) is 11.0 Å². The molecule has 0 radical (unpaired) electrons. The lowest BCUT2D eigenvalue weighted by atomic mass is 9.67. The summed E-state index contributed by atoms with van der Waals surface area (Å²) in [5, 5.41) is -0.0877. The van der Waals surface area contributed by atoms with Gasteiger partial charge in [0.15, 0.2) is 0 Å². The van der Waals surface area contributed by atoms with Crippen molar-refractivity contribution < 1.29 is 27.4 Å². The lowest BCUT2D eigenvalue weighted by Crippen LogP contribution is -2.24. The smallest absolute Gasteiger partial charge is 0.0645 e. The monoisotopic (exact) mass is 583 g/mol. The number of anilines is 3. The fourth-order valence-corrected chi connectivity index (χ4v) is 5.62. The van der Waals surface area contributed by atoms with Gasteiger partial charge in [0.2, 0.25) is 0 Å². The van der Waals surface area contributed by atoms with Gasteiger partial charge in [-0.15, -0.1) is 0 Å². The van der Waals surface area contributed by atoms with Gasteiger partial charge in [-0.1, -0.05) is 141 Å². The normalized spacial score (nSPS) is 19.3. The lowest BCUT2D eigenvalue weighted by molar-refractivity contribution is 0.645. The van der Waals surface area contributed by atoms with Gasteiger partial charge >= 0.3 is 0 Å². The summed E-state index contributed by atoms with van der Waals surface area (Å²) in [6.07, 6.45) is 0. The number of rotatable bonds is 5. The zero-order chi connectivity index (χ0) is 47.1. The van der Waals surface area contributed by atoms with Crippen LogP contribution >= 0.6 is 0 Å². The highest BCUT2D eigenvalue weighted by molar-refractivity contribution is 6.10. The summed E-state index contributed by atoms with van der Waals surface area (Å²) in [6, 6.07) is -2.74. The molecule has 0 spiro atoms. The maximum absolute atomic E-state index is 9.77. The average molecular weight is 584 g/mol. The molecule has 1 aliphatic carbocycles. The second-order valence-electron chi connectivity index (χ2n) is 10.6. The van der Waals surface area contributed by atoms with E-state index in [-0.39, 0.29) is 56.2 Å². The lowest BCUT2D eigenvalue weighted by Gasteiger charge is -2.38. The third-order valence-corrected chi connectivity index (χ3v) is 7.65. The van der Waals surface area contributed by atoms with E-state index in [1.165, 1.54) is 12.1 Å². The Balaban J connectivity index is 1.61. The number of nitrogens with zero attached hydrogens (tertiary/aromatic N) is 1. The maximum atomic E-state index is 9.77. The first-order valence-electron chi connectivity index (χ1n) is 23.7. The predicted octanol–water partition coefficient (Wildman–Crippen LogP) is 11.9. The summed E-state index contributed by atoms with van der Waals surface area (Å²) < 4.78 is 179. The van der Waals surface area contributed by atoms with Crippen molar-refractivity contribution in [1.29, 1.82) is 0 Å². The van der Waals surface area contributed by atoms with Crippen LogP contribution in [-0.2, 0) is 5.41 Å². The number of hydrogen-bond acceptors (Lipinski definition) is 1. The highest BCUT2D eigenvalue weighted by Crippen LogP contribution is 2.54. The van der Waals surface area contributed by atoms with Gasteiger partial charge in [-0.05, 0) is 86.0 Å². The van der Waals surface area contributed by atoms with Crippen molar-refractivity contribution in [2.75, 3.05) is 4.90 Å². The van der Waals surface area contributed by atoms with Gasteiger partial charge in [-0.3, -0.25) is 0 Å². The Labute approximate surface area is 287 Å². The molecule has 1 aliphatic rings. The largest absolute Gasteiger partial charge is 0.310 e. The van der Waals surface area contributed by atoms with Crippen molar-refractivity contribution in [3.05, 3.63) is 174 Å². The standard InChI is InChI=1S/C43H33N/c1-43(2)38-20-12-17-33-24-28-40(42(41(33)38)37-27-23-34(29-39(37)43)31-15-8-4-9-16-31)44(35-18-10-5-11-19-35)36-25-21-32(22-26-36)30-13-6-3-7-14-30/h3-29H,1-2H3/i4D,6D,7D,8D,10D,13D,14D,15D,16D,17D,18D,19D,20D,21D,22D,23D,24D,25D,28D,29D. The Bertz CT molecular complexity index is 3240. The third kappa shape index (κ3) is 4.24. The Hall–Kier alpha value is -5.40. The van der Waals surface area contributed by atoms with E-state index >= 15 is 0 Å². The second kappa shape index (κ2) is 10.4. The molecular formula is C43H33N. The van der Waals surface area contributed by atoms with E-state index in [1.54, 1.807) is 13.8 Å². The zero-order valence-corrected chi connectivity index (χ0v) is 23.5. The summed E-state index contributed by atoms with van der Waals surface area (Å²) in [6.45, 7) is 3.31. The van der Waals surface area contributed by atoms with Crippen molar-refractivity contribution in [2.45, 2.75) is 19.3 Å². The number of hydrogen-bond donors (Lipinski definition) is 0. The summed E-state index contributed by atoms with van der Waals surface area (Å²) in [4.78, 5) is 0.983. The first-order valence-corrected chi connectivity index (χ1v) is 13.7. The molecule has 0 saturated carbocycles. The Morgan fingerprint density at radius 3 is 2.23 bits per heavy atom. The van der Waals surface area contributed by atoms with Gasteiger partial charge < -0.3 is 4.90 Å². The van der Waals surface area contributed by atoms with E-state index in [0.29, 0.717) is 0 Å². The van der Waals surface area contributed by atoms with Crippen LogP contribution in [0.5, 0.6) is 0 Å². The fraction of sp³-hybridized carbons (Fsp3) is 0.0698. The van der Waals surface area contributed by atoms with Crippen LogP contribution in [-0.4, -0.2) is 0 Å². The van der Waals surface area contributed by atoms with Crippen LogP contribution in [0.15, 0.2) is 163 Å². The van der Waals surface area contributed by atoms with Crippen molar-refractivity contribution in [1.82, 2.24) is 0 Å². The van der Waals surface area contributed by atoms with Crippen LogP contribution < -0.4 is 4.90 Å². The highest BCUT2D eigenvalue weighted by atomic mass is 15.1. The summed E-state index contributed by atoms with van der Waals surface area (Å²) in [5.74, 6) is 0. The molecule has 0 atom stereocenters. The minimum atomic E-state index is -1.41. The minimum Gasteiger partial charge on any atom is -0.310 e. The molecule has 44 heavy (non-hydrogen) atoms. The Morgan fingerprint density at radius 2 is 1.32 bits per heavy atom. The molecule has 0 aromatic heterocycles. The first kappa shape index (κ1) is 12.7. The Morgan fingerprint density at radius 1 is 0.523 bits per heavy atom. The molecule has 0 N–H and O–H groups in total. The summed E-state index contributed by atoms with van der Waals surface area (Å²) in [5.41, 5.74) is -4.10. The molecule has 0 amide bonds. The summed E-state index contributed by atoms with van der Waals surface area (Å²) in [7, 11) is 0. The SMILES string of the molecule is [2H]c1cc([2H])c(-c2c([2H])cc3c(c2[2H])C(C)(C)c2c([2H])cc([2H])c4c([2H])c([2H])c(N(c5cc([2H])c(-c6c([2H])c([2H])cc([2H])c6[2H])c([2H])c5[2H])c5c([2H])ccc([2H])c5[2H])c-3c24)c([2H])c1[2H]. The molecule has 7 aromatic rings. The van der Waals surface area contributed by atoms with Gasteiger partial charge in [-0.2, -0.15) is 0 Å². The molecule has 1 nitrogen and oxygen atoms in total. The first-order chi connectivity index (χ1) is 29.9. The van der Waals surface area contributed by atoms with E-state index < -0.39 is 142 Å². The molecule has 0 aliphatic heterocycles. The summed E-state index contributed by atoms with van der Waals surface area (Å²) >= 11 is 0. The van der Waals surface area contributed by atoms with Crippen LogP contribution in [0.4, 0.5) is 17.1 Å². The maximum Gasteiger partial charge on any atom is 0.0645 e. The molecule has 0 fully saturated rings. The number of benzene rings is 7. The minimum absolute atomic E-state index is 0.00869. The number of para-hydroxylation sites is 1. The molecule has 0 unspecified atom stereocenters. The van der Waals surface area contributed by atoms with Crippen LogP contribution in [0.1, 0.15) is 52.4 Å². The van der Waals surface area contributed by atoms with Crippen molar-refractivity contribution >= 4 is 27.8 Å². The van der Waals surface area contributed by atoms with Gasteiger partial charge in [0.25, 0.3) is 0 Å². The topological polar surface area (TPSA) is 3.24 Å². The second-order valence-corrected chi connectivity index (χ2v) is 10.6. The van der Waals surface area contributed by atoms with E-state index in [0.717, 1.165) is 35.2 Å². The van der Waals surface area contributed by atoms with E-state index in [1.807, 2.05) is 0 Å². The van der Waals surface area contributed by atoms with Crippen molar-refractivity contribution in [2.24, 2.45) is 0 Å². The molecule has 7 aromatic carbocycles. The molecular weight excluding hydrogens is 530 g/mol. The van der Waals surface area contributed by atoms with Crippen LogP contribution in [0.25, 0.3) is 44.2 Å². The fourth-order valence-electron chi connectivity index (χ4n) is 5.62. The molecule has 210 valence electrons.